The van der Waals surface area contributed by atoms with E-state index in [-0.39, 0.29) is 10.5 Å². The van der Waals surface area contributed by atoms with Gasteiger partial charge >= 0.3 is 5.97 Å². The molecule has 0 unspecified atom stereocenters. The summed E-state index contributed by atoms with van der Waals surface area (Å²) in [6, 6.07) is 13.3. The number of anilines is 2. The minimum atomic E-state index is -3.65. The molecule has 10 heteroatoms. The van der Waals surface area contributed by atoms with E-state index in [1.54, 1.807) is 12.1 Å². The first-order valence-corrected chi connectivity index (χ1v) is 12.7. The van der Waals surface area contributed by atoms with E-state index in [2.05, 4.69) is 31.0 Å². The average molecular weight is 490 g/mol. The largest absolute Gasteiger partial charge is 0.452 e. The lowest BCUT2D eigenvalue weighted by molar-refractivity contribution is -0.119. The quantitative estimate of drug-likeness (QED) is 0.540. The number of hydrogen-bond donors (Lipinski definition) is 1. The van der Waals surface area contributed by atoms with Crippen molar-refractivity contribution in [3.8, 4) is 0 Å². The van der Waals surface area contributed by atoms with Gasteiger partial charge < -0.3 is 19.7 Å². The Morgan fingerprint density at radius 2 is 1.68 bits per heavy atom. The van der Waals surface area contributed by atoms with E-state index in [9.17, 15) is 18.0 Å². The third kappa shape index (κ3) is 6.34. The number of carbonyl (C=O) groups is 2. The van der Waals surface area contributed by atoms with Crippen LogP contribution in [0.2, 0.25) is 0 Å². The van der Waals surface area contributed by atoms with Crippen LogP contribution in [0.15, 0.2) is 53.4 Å². The summed E-state index contributed by atoms with van der Waals surface area (Å²) in [7, 11) is -3.65. The van der Waals surface area contributed by atoms with Crippen molar-refractivity contribution in [1.82, 2.24) is 4.31 Å². The molecule has 1 saturated heterocycles. The zero-order valence-electron chi connectivity index (χ0n) is 19.7. The van der Waals surface area contributed by atoms with E-state index in [0.29, 0.717) is 38.0 Å². The van der Waals surface area contributed by atoms with Crippen molar-refractivity contribution in [1.29, 1.82) is 0 Å². The number of nitrogens with one attached hydrogen (secondary N) is 1. The summed E-state index contributed by atoms with van der Waals surface area (Å²) in [5.74, 6) is -1.18. The lowest BCUT2D eigenvalue weighted by atomic mass is 10.2. The number of nitrogens with zero attached hydrogens (tertiary/aromatic N) is 2. The zero-order chi connectivity index (χ0) is 24.7. The Hall–Kier alpha value is -2.95. The number of ether oxygens (including phenoxy) is 2. The molecule has 0 bridgehead atoms. The highest BCUT2D eigenvalue weighted by molar-refractivity contribution is 7.89. The van der Waals surface area contributed by atoms with E-state index in [0.717, 1.165) is 12.2 Å². The second kappa shape index (κ2) is 11.5. The van der Waals surface area contributed by atoms with Crippen LogP contribution < -0.4 is 10.2 Å². The van der Waals surface area contributed by atoms with Gasteiger partial charge in [0.15, 0.2) is 6.61 Å². The van der Waals surface area contributed by atoms with Crippen LogP contribution in [0.3, 0.4) is 0 Å². The maximum Gasteiger partial charge on any atom is 0.338 e. The van der Waals surface area contributed by atoms with Crippen LogP contribution in [-0.2, 0) is 24.3 Å². The molecule has 1 fully saturated rings. The lowest BCUT2D eigenvalue weighted by Crippen LogP contribution is -2.40. The van der Waals surface area contributed by atoms with Crippen LogP contribution in [-0.4, -0.2) is 70.1 Å². The molecule has 3 rings (SSSR count). The van der Waals surface area contributed by atoms with E-state index in [4.69, 9.17) is 9.47 Å². The maximum atomic E-state index is 12.7. The number of carbonyl (C=O) groups excluding carboxylic acids is 2. The molecular weight excluding hydrogens is 458 g/mol. The molecule has 1 heterocycles. The van der Waals surface area contributed by atoms with Gasteiger partial charge in [-0.15, -0.1) is 0 Å². The normalized spacial score (nSPS) is 14.6. The predicted molar refractivity (Wildman–Crippen MR) is 130 cm³/mol. The Labute approximate surface area is 200 Å². The van der Waals surface area contributed by atoms with Gasteiger partial charge in [0.05, 0.1) is 23.7 Å². The van der Waals surface area contributed by atoms with Crippen LogP contribution >= 0.6 is 0 Å². The molecule has 184 valence electrons. The summed E-state index contributed by atoms with van der Waals surface area (Å²) in [6.07, 6.45) is 0. The maximum absolute atomic E-state index is 12.7. The van der Waals surface area contributed by atoms with Gasteiger partial charge in [0, 0.05) is 37.1 Å². The Morgan fingerprint density at radius 3 is 2.24 bits per heavy atom. The Morgan fingerprint density at radius 1 is 1.06 bits per heavy atom. The fraction of sp³-hybridized carbons (Fsp3) is 0.417. The number of esters is 1. The number of benzene rings is 2. The van der Waals surface area contributed by atoms with Crippen LogP contribution in [0.1, 0.15) is 31.1 Å². The van der Waals surface area contributed by atoms with Gasteiger partial charge in [-0.3, -0.25) is 4.79 Å². The molecule has 2 aromatic carbocycles. The smallest absolute Gasteiger partial charge is 0.338 e. The van der Waals surface area contributed by atoms with Gasteiger partial charge in [-0.05, 0) is 69.3 Å². The number of amides is 1. The highest BCUT2D eigenvalue weighted by Crippen LogP contribution is 2.20. The highest BCUT2D eigenvalue weighted by Gasteiger charge is 2.26. The standard InChI is InChI=1S/C24H31N3O6S/c1-4-27(18(2)3)21-9-7-20(8-10-21)25-23(28)17-33-24(29)19-5-11-22(12-6-19)34(30,31)26-13-15-32-16-14-26/h5-12,18H,4,13-17H2,1-3H3,(H,25,28). The van der Waals surface area contributed by atoms with Crippen molar-refractivity contribution in [2.45, 2.75) is 31.7 Å². The van der Waals surface area contributed by atoms with E-state index in [1.165, 1.54) is 28.6 Å². The molecule has 9 nitrogen and oxygen atoms in total. The third-order valence-corrected chi connectivity index (χ3v) is 7.39. The van der Waals surface area contributed by atoms with Crippen LogP contribution in [0.4, 0.5) is 11.4 Å². The molecule has 0 saturated carbocycles. The van der Waals surface area contributed by atoms with Gasteiger partial charge in [-0.2, -0.15) is 4.31 Å². The third-order valence-electron chi connectivity index (χ3n) is 5.48. The molecule has 0 aromatic heterocycles. The van der Waals surface area contributed by atoms with Gasteiger partial charge in [0.25, 0.3) is 5.91 Å². The fourth-order valence-electron chi connectivity index (χ4n) is 3.69. The molecule has 1 aliphatic rings. The van der Waals surface area contributed by atoms with Crippen molar-refractivity contribution in [2.24, 2.45) is 0 Å². The van der Waals surface area contributed by atoms with Crippen LogP contribution in [0, 0.1) is 0 Å². The Balaban J connectivity index is 1.52. The average Bonchev–Trinajstić information content (AvgIpc) is 2.84. The van der Waals surface area contributed by atoms with Crippen molar-refractivity contribution < 1.29 is 27.5 Å². The first-order valence-electron chi connectivity index (χ1n) is 11.2. The highest BCUT2D eigenvalue weighted by atomic mass is 32.2. The fourth-order valence-corrected chi connectivity index (χ4v) is 5.10. The summed E-state index contributed by atoms with van der Waals surface area (Å²) >= 11 is 0. The minimum absolute atomic E-state index is 0.0891. The molecule has 2 aromatic rings. The second-order valence-corrected chi connectivity index (χ2v) is 10.0. The van der Waals surface area contributed by atoms with Crippen LogP contribution in [0.25, 0.3) is 0 Å². The van der Waals surface area contributed by atoms with E-state index in [1.807, 2.05) is 12.1 Å². The zero-order valence-corrected chi connectivity index (χ0v) is 20.5. The number of sulfonamides is 1. The van der Waals surface area contributed by atoms with Crippen molar-refractivity contribution in [3.05, 3.63) is 54.1 Å². The second-order valence-electron chi connectivity index (χ2n) is 8.09. The molecule has 34 heavy (non-hydrogen) atoms. The first-order chi connectivity index (χ1) is 16.2. The van der Waals surface area contributed by atoms with Gasteiger partial charge in [-0.1, -0.05) is 0 Å². The van der Waals surface area contributed by atoms with Crippen molar-refractivity contribution in [3.63, 3.8) is 0 Å². The summed E-state index contributed by atoms with van der Waals surface area (Å²) in [4.78, 5) is 26.8. The molecule has 1 aliphatic heterocycles. The SMILES string of the molecule is CCN(c1ccc(NC(=O)COC(=O)c2ccc(S(=O)(=O)N3CCOCC3)cc2)cc1)C(C)C. The lowest BCUT2D eigenvalue weighted by Gasteiger charge is -2.27. The monoisotopic (exact) mass is 489 g/mol. The Bertz CT molecular complexity index is 1080. The molecule has 1 amide bonds. The topological polar surface area (TPSA) is 105 Å². The minimum Gasteiger partial charge on any atom is -0.452 e. The van der Waals surface area contributed by atoms with Gasteiger partial charge in [0.2, 0.25) is 10.0 Å². The van der Waals surface area contributed by atoms with E-state index >= 15 is 0 Å². The number of morpholine rings is 1. The number of rotatable bonds is 9. The molecule has 1 N–H and O–H groups in total. The van der Waals surface area contributed by atoms with Crippen LogP contribution in [0.5, 0.6) is 0 Å². The summed E-state index contributed by atoms with van der Waals surface area (Å²) in [6.45, 7) is 8.02. The van der Waals surface area contributed by atoms with E-state index < -0.39 is 28.5 Å². The molecule has 0 radical (unpaired) electrons. The molecule has 0 atom stereocenters. The number of hydrogen-bond acceptors (Lipinski definition) is 7. The predicted octanol–water partition coefficient (Wildman–Crippen LogP) is 2.74. The van der Waals surface area contributed by atoms with Gasteiger partial charge in [0.1, 0.15) is 0 Å². The first kappa shape index (κ1) is 25.7. The molecular formula is C24H31N3O6S. The summed E-state index contributed by atoms with van der Waals surface area (Å²) in [5, 5.41) is 2.70. The van der Waals surface area contributed by atoms with Crippen molar-refractivity contribution >= 4 is 33.3 Å². The molecule has 0 aliphatic carbocycles. The summed E-state index contributed by atoms with van der Waals surface area (Å²) in [5.41, 5.74) is 1.81. The van der Waals surface area contributed by atoms with Crippen molar-refractivity contribution in [2.75, 3.05) is 49.7 Å². The van der Waals surface area contributed by atoms with Gasteiger partial charge in [-0.25, -0.2) is 13.2 Å². The Kier molecular flexibility index (Phi) is 8.65. The summed E-state index contributed by atoms with van der Waals surface area (Å²) < 4.78 is 36.9. The molecule has 0 spiro atoms.